The van der Waals surface area contributed by atoms with Gasteiger partial charge in [0.15, 0.2) is 0 Å². The summed E-state index contributed by atoms with van der Waals surface area (Å²) < 4.78 is 40.2. The Morgan fingerprint density at radius 2 is 1.92 bits per heavy atom. The van der Waals surface area contributed by atoms with Crippen LogP contribution in [0.3, 0.4) is 0 Å². The summed E-state index contributed by atoms with van der Waals surface area (Å²) in [6.45, 7) is 1.94. The van der Waals surface area contributed by atoms with Crippen molar-refractivity contribution in [3.05, 3.63) is 65.0 Å². The standard InChI is InChI=1S/C18H17FN2O4S/c1-10-3-2-4-11(7-10)13-9-14(13)18(23)21-26(24,25)12-5-6-16(19)15(8-12)17(20)22/h2-8,13-14H,9H2,1H3,(H2,20,22)(H,21,23)/t13-,14-/m1/s1. The van der Waals surface area contributed by atoms with Crippen LogP contribution in [-0.4, -0.2) is 20.2 Å². The number of nitrogens with two attached hydrogens (primary N) is 1. The maximum absolute atomic E-state index is 13.5. The minimum Gasteiger partial charge on any atom is -0.366 e. The van der Waals surface area contributed by atoms with Crippen LogP contribution in [0.15, 0.2) is 47.4 Å². The van der Waals surface area contributed by atoms with Gasteiger partial charge in [-0.15, -0.1) is 0 Å². The molecule has 0 heterocycles. The molecule has 136 valence electrons. The third-order valence-electron chi connectivity index (χ3n) is 4.35. The predicted molar refractivity (Wildman–Crippen MR) is 92.3 cm³/mol. The van der Waals surface area contributed by atoms with E-state index in [1.807, 2.05) is 35.9 Å². The number of benzene rings is 2. The largest absolute Gasteiger partial charge is 0.366 e. The van der Waals surface area contributed by atoms with E-state index in [9.17, 15) is 22.4 Å². The van der Waals surface area contributed by atoms with E-state index in [1.165, 1.54) is 0 Å². The van der Waals surface area contributed by atoms with Crippen molar-refractivity contribution in [2.24, 2.45) is 11.7 Å². The molecule has 0 spiro atoms. The molecule has 6 nitrogen and oxygen atoms in total. The van der Waals surface area contributed by atoms with E-state index in [4.69, 9.17) is 5.73 Å². The molecule has 1 saturated carbocycles. The molecular formula is C18H17FN2O4S. The highest BCUT2D eigenvalue weighted by molar-refractivity contribution is 7.90. The monoisotopic (exact) mass is 376 g/mol. The Hall–Kier alpha value is -2.74. The first-order chi connectivity index (χ1) is 12.2. The van der Waals surface area contributed by atoms with Gasteiger partial charge in [0.2, 0.25) is 5.91 Å². The molecule has 2 aromatic carbocycles. The first-order valence-electron chi connectivity index (χ1n) is 7.91. The summed E-state index contributed by atoms with van der Waals surface area (Å²) in [6, 6.07) is 10.3. The van der Waals surface area contributed by atoms with Crippen molar-refractivity contribution < 1.29 is 22.4 Å². The van der Waals surface area contributed by atoms with Crippen LogP contribution in [-0.2, 0) is 14.8 Å². The average Bonchev–Trinajstić information content (AvgIpc) is 3.35. The molecule has 2 aromatic rings. The molecule has 0 aliphatic heterocycles. The summed E-state index contributed by atoms with van der Waals surface area (Å²) in [5.74, 6) is -3.11. The van der Waals surface area contributed by atoms with E-state index >= 15 is 0 Å². The van der Waals surface area contributed by atoms with Gasteiger partial charge < -0.3 is 5.73 Å². The van der Waals surface area contributed by atoms with Crippen LogP contribution in [0.1, 0.15) is 33.8 Å². The van der Waals surface area contributed by atoms with Gasteiger partial charge in [-0.2, -0.15) is 0 Å². The van der Waals surface area contributed by atoms with Crippen molar-refractivity contribution in [3.8, 4) is 0 Å². The lowest BCUT2D eigenvalue weighted by Gasteiger charge is -2.08. The van der Waals surface area contributed by atoms with Crippen LogP contribution in [0.25, 0.3) is 0 Å². The number of primary amides is 1. The van der Waals surface area contributed by atoms with Crippen molar-refractivity contribution in [2.45, 2.75) is 24.2 Å². The summed E-state index contributed by atoms with van der Waals surface area (Å²) in [7, 11) is -4.23. The van der Waals surface area contributed by atoms with Crippen molar-refractivity contribution in [2.75, 3.05) is 0 Å². The fourth-order valence-electron chi connectivity index (χ4n) is 2.88. The molecule has 2 amide bonds. The number of carbonyl (C=O) groups excluding carboxylic acids is 2. The van der Waals surface area contributed by atoms with Gasteiger partial charge in [-0.1, -0.05) is 29.8 Å². The molecule has 2 atom stereocenters. The topological polar surface area (TPSA) is 106 Å². The zero-order valence-electron chi connectivity index (χ0n) is 13.9. The summed E-state index contributed by atoms with van der Waals surface area (Å²) >= 11 is 0. The second-order valence-corrected chi connectivity index (χ2v) is 8.02. The van der Waals surface area contributed by atoms with Gasteiger partial charge in [0.1, 0.15) is 5.82 Å². The van der Waals surface area contributed by atoms with Crippen LogP contribution in [0.5, 0.6) is 0 Å². The summed E-state index contributed by atoms with van der Waals surface area (Å²) in [4.78, 5) is 23.1. The summed E-state index contributed by atoms with van der Waals surface area (Å²) in [6.07, 6.45) is 0.556. The van der Waals surface area contributed by atoms with Gasteiger partial charge in [-0.3, -0.25) is 9.59 Å². The predicted octanol–water partition coefficient (Wildman–Crippen LogP) is 1.84. The molecule has 0 radical (unpaired) electrons. The highest BCUT2D eigenvalue weighted by atomic mass is 32.2. The smallest absolute Gasteiger partial charge is 0.264 e. The highest BCUT2D eigenvalue weighted by Crippen LogP contribution is 2.47. The molecule has 0 aromatic heterocycles. The molecule has 3 N–H and O–H groups in total. The SMILES string of the molecule is Cc1cccc([C@H]2C[C@H]2C(=O)NS(=O)(=O)c2ccc(F)c(C(N)=O)c2)c1. The molecule has 0 bridgehead atoms. The van der Waals surface area contributed by atoms with E-state index in [-0.39, 0.29) is 5.92 Å². The van der Waals surface area contributed by atoms with E-state index in [1.54, 1.807) is 0 Å². The third kappa shape index (κ3) is 3.60. The van der Waals surface area contributed by atoms with Gasteiger partial charge in [0, 0.05) is 5.92 Å². The fourth-order valence-corrected chi connectivity index (χ4v) is 3.94. The molecular weight excluding hydrogens is 359 g/mol. The van der Waals surface area contributed by atoms with Crippen LogP contribution < -0.4 is 10.5 Å². The number of hydrogen-bond acceptors (Lipinski definition) is 4. The van der Waals surface area contributed by atoms with Crippen LogP contribution in [0, 0.1) is 18.7 Å². The quantitative estimate of drug-likeness (QED) is 0.830. The van der Waals surface area contributed by atoms with Gasteiger partial charge in [-0.25, -0.2) is 17.5 Å². The molecule has 0 unspecified atom stereocenters. The molecule has 1 fully saturated rings. The lowest BCUT2D eigenvalue weighted by molar-refractivity contribution is -0.120. The highest BCUT2D eigenvalue weighted by Gasteiger charge is 2.45. The third-order valence-corrected chi connectivity index (χ3v) is 5.69. The normalized spacial score (nSPS) is 19.0. The van der Waals surface area contributed by atoms with Gasteiger partial charge in [0.25, 0.3) is 15.9 Å². The zero-order chi connectivity index (χ0) is 19.1. The first kappa shape index (κ1) is 18.1. The second-order valence-electron chi connectivity index (χ2n) is 6.34. The number of aryl methyl sites for hydroxylation is 1. The Kier molecular flexibility index (Phi) is 4.53. The lowest BCUT2D eigenvalue weighted by Crippen LogP contribution is -2.32. The van der Waals surface area contributed by atoms with E-state index in [0.29, 0.717) is 6.42 Å². The summed E-state index contributed by atoms with van der Waals surface area (Å²) in [5, 5.41) is 0. The van der Waals surface area contributed by atoms with Crippen LogP contribution in [0.4, 0.5) is 4.39 Å². The van der Waals surface area contributed by atoms with E-state index < -0.39 is 44.0 Å². The Bertz CT molecular complexity index is 1000. The number of halogens is 1. The zero-order valence-corrected chi connectivity index (χ0v) is 14.7. The van der Waals surface area contributed by atoms with Gasteiger partial charge in [0.05, 0.1) is 10.5 Å². The van der Waals surface area contributed by atoms with Crippen molar-refractivity contribution in [1.29, 1.82) is 0 Å². The number of rotatable bonds is 5. The maximum Gasteiger partial charge on any atom is 0.264 e. The van der Waals surface area contributed by atoms with Crippen LogP contribution >= 0.6 is 0 Å². The molecule has 1 aliphatic rings. The lowest BCUT2D eigenvalue weighted by atomic mass is 10.1. The first-order valence-corrected chi connectivity index (χ1v) is 9.40. The van der Waals surface area contributed by atoms with Crippen molar-refractivity contribution in [3.63, 3.8) is 0 Å². The van der Waals surface area contributed by atoms with Crippen LogP contribution in [0.2, 0.25) is 0 Å². The van der Waals surface area contributed by atoms with Crippen molar-refractivity contribution in [1.82, 2.24) is 4.72 Å². The number of sulfonamides is 1. The van der Waals surface area contributed by atoms with E-state index in [0.717, 1.165) is 29.3 Å². The Morgan fingerprint density at radius 3 is 2.58 bits per heavy atom. The van der Waals surface area contributed by atoms with Gasteiger partial charge in [-0.05, 0) is 43.0 Å². The molecule has 3 rings (SSSR count). The minimum absolute atomic E-state index is 0.0282. The average molecular weight is 376 g/mol. The Morgan fingerprint density at radius 1 is 1.19 bits per heavy atom. The maximum atomic E-state index is 13.5. The number of nitrogens with one attached hydrogen (secondary N) is 1. The van der Waals surface area contributed by atoms with Gasteiger partial charge >= 0.3 is 0 Å². The molecule has 0 saturated heterocycles. The number of hydrogen-bond donors (Lipinski definition) is 2. The minimum atomic E-state index is -4.23. The second kappa shape index (κ2) is 6.53. The van der Waals surface area contributed by atoms with E-state index in [2.05, 4.69) is 0 Å². The summed E-state index contributed by atoms with van der Waals surface area (Å²) in [5.41, 5.74) is 6.52. The number of carbonyl (C=O) groups is 2. The van der Waals surface area contributed by atoms with Crippen molar-refractivity contribution >= 4 is 21.8 Å². The Balaban J connectivity index is 1.75. The molecule has 26 heavy (non-hydrogen) atoms. The molecule has 8 heteroatoms. The molecule has 1 aliphatic carbocycles. The Labute approximate surface area is 150 Å². The number of amides is 2. The fraction of sp³-hybridized carbons (Fsp3) is 0.222.